The van der Waals surface area contributed by atoms with Crippen LogP contribution in [-0.2, 0) is 6.42 Å². The molecule has 2 nitrogen and oxygen atoms in total. The standard InChI is InChI=1S/C24H15F3N2/c1-2-15-13-28-24(29-14-15)19-11-22(26)21(23(27)12-19)8-4-16-3-5-18-10-20(25)7-6-17(18)9-16/h3,5-7,9-14H,2H2,1H3. The van der Waals surface area contributed by atoms with Crippen molar-refractivity contribution in [1.29, 1.82) is 0 Å². The molecule has 0 radical (unpaired) electrons. The number of halogens is 3. The van der Waals surface area contributed by atoms with Crippen LogP contribution in [0.2, 0.25) is 0 Å². The van der Waals surface area contributed by atoms with Gasteiger partial charge in [-0.25, -0.2) is 23.1 Å². The molecular weight excluding hydrogens is 373 g/mol. The van der Waals surface area contributed by atoms with E-state index in [1.165, 1.54) is 24.3 Å². The Balaban J connectivity index is 1.67. The highest BCUT2D eigenvalue weighted by Crippen LogP contribution is 2.22. The maximum Gasteiger partial charge on any atom is 0.159 e. The zero-order valence-electron chi connectivity index (χ0n) is 15.5. The van der Waals surface area contributed by atoms with Gasteiger partial charge in [0.1, 0.15) is 17.5 Å². The molecule has 142 valence electrons. The van der Waals surface area contributed by atoms with Crippen LogP contribution < -0.4 is 0 Å². The first kappa shape index (κ1) is 18.7. The van der Waals surface area contributed by atoms with Crippen molar-refractivity contribution >= 4 is 10.8 Å². The zero-order chi connectivity index (χ0) is 20.4. The summed E-state index contributed by atoms with van der Waals surface area (Å²) in [4.78, 5) is 8.31. The van der Waals surface area contributed by atoms with Gasteiger partial charge in [0, 0.05) is 23.5 Å². The van der Waals surface area contributed by atoms with E-state index in [-0.39, 0.29) is 22.8 Å². The Morgan fingerprint density at radius 2 is 1.45 bits per heavy atom. The van der Waals surface area contributed by atoms with Crippen molar-refractivity contribution in [2.75, 3.05) is 0 Å². The molecule has 0 bridgehead atoms. The molecule has 4 aromatic rings. The predicted molar refractivity (Wildman–Crippen MR) is 107 cm³/mol. The molecule has 0 amide bonds. The third-order valence-corrected chi connectivity index (χ3v) is 4.55. The van der Waals surface area contributed by atoms with Gasteiger partial charge >= 0.3 is 0 Å². The largest absolute Gasteiger partial charge is 0.236 e. The maximum atomic E-state index is 14.5. The minimum absolute atomic E-state index is 0.251. The van der Waals surface area contributed by atoms with Gasteiger partial charge < -0.3 is 0 Å². The van der Waals surface area contributed by atoms with E-state index in [0.29, 0.717) is 5.56 Å². The summed E-state index contributed by atoms with van der Waals surface area (Å²) in [5.74, 6) is 3.69. The highest BCUT2D eigenvalue weighted by molar-refractivity contribution is 5.84. The number of benzene rings is 3. The SMILES string of the molecule is CCc1cnc(-c2cc(F)c(C#Cc3ccc4cc(F)ccc4c3)c(F)c2)nc1. The van der Waals surface area contributed by atoms with Crippen LogP contribution in [0.25, 0.3) is 22.2 Å². The molecule has 0 fully saturated rings. The monoisotopic (exact) mass is 388 g/mol. The van der Waals surface area contributed by atoms with Crippen LogP contribution in [0.15, 0.2) is 60.9 Å². The van der Waals surface area contributed by atoms with Gasteiger partial charge in [-0.15, -0.1) is 0 Å². The average molecular weight is 388 g/mol. The lowest BCUT2D eigenvalue weighted by molar-refractivity contribution is 0.578. The smallest absolute Gasteiger partial charge is 0.159 e. The summed E-state index contributed by atoms with van der Waals surface area (Å²) in [6.07, 6.45) is 4.05. The summed E-state index contributed by atoms with van der Waals surface area (Å²) in [5.41, 5.74) is 1.44. The molecule has 5 heteroatoms. The van der Waals surface area contributed by atoms with E-state index in [9.17, 15) is 13.2 Å². The van der Waals surface area contributed by atoms with Gasteiger partial charge in [0.15, 0.2) is 5.82 Å². The molecule has 1 heterocycles. The van der Waals surface area contributed by atoms with E-state index in [1.807, 2.05) is 6.92 Å². The number of rotatable bonds is 2. The van der Waals surface area contributed by atoms with Crippen LogP contribution in [-0.4, -0.2) is 9.97 Å². The van der Waals surface area contributed by atoms with E-state index in [1.54, 1.807) is 36.7 Å². The lowest BCUT2D eigenvalue weighted by Crippen LogP contribution is -1.96. The second kappa shape index (κ2) is 7.76. The van der Waals surface area contributed by atoms with Crippen LogP contribution in [0, 0.1) is 29.3 Å². The number of hydrogen-bond donors (Lipinski definition) is 0. The van der Waals surface area contributed by atoms with Crippen LogP contribution >= 0.6 is 0 Å². The molecule has 4 rings (SSSR count). The van der Waals surface area contributed by atoms with Crippen molar-refractivity contribution in [2.24, 2.45) is 0 Å². The minimum atomic E-state index is -0.779. The Morgan fingerprint density at radius 1 is 0.793 bits per heavy atom. The first-order chi connectivity index (χ1) is 14.0. The summed E-state index contributed by atoms with van der Waals surface area (Å²) >= 11 is 0. The van der Waals surface area contributed by atoms with Crippen LogP contribution in [0.5, 0.6) is 0 Å². The maximum absolute atomic E-state index is 14.5. The Hall–Kier alpha value is -3.65. The van der Waals surface area contributed by atoms with Crippen molar-refractivity contribution in [1.82, 2.24) is 9.97 Å². The Labute approximate surface area is 166 Å². The zero-order valence-corrected chi connectivity index (χ0v) is 15.5. The Kier molecular flexibility index (Phi) is 5.01. The molecule has 0 aliphatic heterocycles. The van der Waals surface area contributed by atoms with Gasteiger partial charge in [-0.05, 0) is 59.2 Å². The highest BCUT2D eigenvalue weighted by atomic mass is 19.1. The molecular formula is C24H15F3N2. The normalized spacial score (nSPS) is 10.6. The number of hydrogen-bond acceptors (Lipinski definition) is 2. The molecule has 0 unspecified atom stereocenters. The van der Waals surface area contributed by atoms with E-state index in [4.69, 9.17) is 0 Å². The van der Waals surface area contributed by atoms with Gasteiger partial charge in [0.05, 0.1) is 5.56 Å². The van der Waals surface area contributed by atoms with Gasteiger partial charge in [-0.1, -0.05) is 30.9 Å². The first-order valence-electron chi connectivity index (χ1n) is 9.05. The average Bonchev–Trinajstić information content (AvgIpc) is 2.73. The quantitative estimate of drug-likeness (QED) is 0.413. The fraction of sp³-hybridized carbons (Fsp3) is 0.0833. The van der Waals surface area contributed by atoms with E-state index in [0.717, 1.165) is 22.8 Å². The summed E-state index contributed by atoms with van der Waals surface area (Å²) in [6, 6.07) is 11.9. The highest BCUT2D eigenvalue weighted by Gasteiger charge is 2.12. The van der Waals surface area contributed by atoms with Gasteiger partial charge in [-0.3, -0.25) is 0 Å². The van der Waals surface area contributed by atoms with Crippen LogP contribution in [0.4, 0.5) is 13.2 Å². The van der Waals surface area contributed by atoms with Crippen molar-refractivity contribution in [2.45, 2.75) is 13.3 Å². The van der Waals surface area contributed by atoms with Crippen molar-refractivity contribution in [3.05, 3.63) is 95.1 Å². The van der Waals surface area contributed by atoms with Gasteiger partial charge in [-0.2, -0.15) is 0 Å². The molecule has 0 spiro atoms. The van der Waals surface area contributed by atoms with Crippen molar-refractivity contribution in [3.63, 3.8) is 0 Å². The molecule has 29 heavy (non-hydrogen) atoms. The van der Waals surface area contributed by atoms with E-state index < -0.39 is 11.6 Å². The summed E-state index contributed by atoms with van der Waals surface area (Å²) in [7, 11) is 0. The minimum Gasteiger partial charge on any atom is -0.236 e. The molecule has 1 aromatic heterocycles. The van der Waals surface area contributed by atoms with Crippen molar-refractivity contribution in [3.8, 4) is 23.2 Å². The van der Waals surface area contributed by atoms with Gasteiger partial charge in [0.2, 0.25) is 0 Å². The van der Waals surface area contributed by atoms with E-state index in [2.05, 4.69) is 21.8 Å². The fourth-order valence-corrected chi connectivity index (χ4v) is 2.94. The fourth-order valence-electron chi connectivity index (χ4n) is 2.94. The third-order valence-electron chi connectivity index (χ3n) is 4.55. The number of nitrogens with zero attached hydrogens (tertiary/aromatic N) is 2. The topological polar surface area (TPSA) is 25.8 Å². The number of fused-ring (bicyclic) bond motifs is 1. The summed E-state index contributed by atoms with van der Waals surface area (Å²) in [6.45, 7) is 1.97. The first-order valence-corrected chi connectivity index (χ1v) is 9.05. The molecule has 0 saturated carbocycles. The second-order valence-electron chi connectivity index (χ2n) is 6.54. The van der Waals surface area contributed by atoms with Gasteiger partial charge in [0.25, 0.3) is 0 Å². The molecule has 0 aliphatic carbocycles. The molecule has 0 aliphatic rings. The predicted octanol–water partition coefficient (Wildman–Crippen LogP) is 5.68. The molecule has 0 saturated heterocycles. The molecule has 3 aromatic carbocycles. The van der Waals surface area contributed by atoms with Crippen LogP contribution in [0.1, 0.15) is 23.6 Å². The van der Waals surface area contributed by atoms with Crippen molar-refractivity contribution < 1.29 is 13.2 Å². The lowest BCUT2D eigenvalue weighted by atomic mass is 10.1. The lowest BCUT2D eigenvalue weighted by Gasteiger charge is -2.04. The summed E-state index contributed by atoms with van der Waals surface area (Å²) < 4.78 is 42.3. The third kappa shape index (κ3) is 3.97. The molecule has 0 atom stereocenters. The summed E-state index contributed by atoms with van der Waals surface area (Å²) in [5, 5.41) is 1.52. The number of aromatic nitrogens is 2. The second-order valence-corrected chi connectivity index (χ2v) is 6.54. The Morgan fingerprint density at radius 3 is 2.14 bits per heavy atom. The molecule has 0 N–H and O–H groups in total. The Bertz CT molecular complexity index is 1250. The van der Waals surface area contributed by atoms with E-state index >= 15 is 0 Å². The number of aryl methyl sites for hydroxylation is 1. The van der Waals surface area contributed by atoms with Crippen LogP contribution in [0.3, 0.4) is 0 Å².